The number of hydrogen-bond donors (Lipinski definition) is 2. The molecular weight excluding hydrogens is 789 g/mol. The van der Waals surface area contributed by atoms with E-state index in [-0.39, 0.29) is 44.9 Å². The van der Waals surface area contributed by atoms with Crippen LogP contribution in [-0.4, -0.2) is 98.2 Å². The zero-order valence-corrected chi connectivity index (χ0v) is 36.3. The summed E-state index contributed by atoms with van der Waals surface area (Å²) < 4.78 is 48.4. The fraction of sp³-hybridized carbons (Fsp3) is 0.455. The summed E-state index contributed by atoms with van der Waals surface area (Å²) >= 11 is 0. The standard InChI is InChI=1S/C44H56N5O10P/c1-29(2)49(30(3)4)60(58-24-12-23-45)59-41-38(55-26-37(40(41)56-28-39(50)46-6)48-25-31(5)42(51)47-43(48)52)27-57-44(32-13-10-9-11-14-32,33-15-19-35(53-7)20-16-33)34-17-21-36(54-8)22-18-34/h9-11,13-22,25,29-30,37-38,40-41H,12,24,26-28H2,1-8H3,(H,46,50)(H,47,51,52)/t37-,38-,40+,41-,60?/m1/s1. The highest BCUT2D eigenvalue weighted by Crippen LogP contribution is 2.50. The average Bonchev–Trinajstić information content (AvgIpc) is 3.25. The van der Waals surface area contributed by atoms with E-state index in [2.05, 4.69) is 21.0 Å². The van der Waals surface area contributed by atoms with Crippen LogP contribution in [0.5, 0.6) is 11.5 Å². The summed E-state index contributed by atoms with van der Waals surface area (Å²) in [4.78, 5) is 41.2. The normalized spacial score (nSPS) is 18.6. The second kappa shape index (κ2) is 21.6. The molecule has 1 saturated heterocycles. The molecule has 3 aromatic carbocycles. The van der Waals surface area contributed by atoms with Crippen LogP contribution in [0.2, 0.25) is 0 Å². The highest BCUT2D eigenvalue weighted by molar-refractivity contribution is 7.44. The van der Waals surface area contributed by atoms with E-state index >= 15 is 0 Å². The number of aryl methyl sites for hydroxylation is 1. The predicted molar refractivity (Wildman–Crippen MR) is 227 cm³/mol. The van der Waals surface area contributed by atoms with Gasteiger partial charge < -0.3 is 38.0 Å². The minimum Gasteiger partial charge on any atom is -0.497 e. The third-order valence-electron chi connectivity index (χ3n) is 10.3. The quantitative estimate of drug-likeness (QED) is 0.0641. The molecule has 0 saturated carbocycles. The molecule has 2 N–H and O–H groups in total. The maximum atomic E-state index is 13.5. The number of ether oxygens (including phenoxy) is 5. The molecule has 1 aliphatic heterocycles. The van der Waals surface area contributed by atoms with E-state index < -0.39 is 55.6 Å². The number of aromatic nitrogens is 2. The number of nitrogens with zero attached hydrogens (tertiary/aromatic N) is 3. The second-order valence-electron chi connectivity index (χ2n) is 14.8. The minimum absolute atomic E-state index is 0.0567. The number of hydrogen-bond acceptors (Lipinski definition) is 12. The van der Waals surface area contributed by atoms with Crippen LogP contribution in [0.3, 0.4) is 0 Å². The number of H-pyrrole nitrogens is 1. The number of aromatic amines is 1. The molecule has 1 unspecified atom stereocenters. The molecule has 322 valence electrons. The molecule has 1 fully saturated rings. The van der Waals surface area contributed by atoms with Gasteiger partial charge >= 0.3 is 5.69 Å². The lowest BCUT2D eigenvalue weighted by atomic mass is 9.80. The van der Waals surface area contributed by atoms with Crippen LogP contribution in [0, 0.1) is 18.3 Å². The van der Waals surface area contributed by atoms with Gasteiger partial charge in [0.05, 0.1) is 52.6 Å². The van der Waals surface area contributed by atoms with Crippen molar-refractivity contribution in [3.05, 3.63) is 128 Å². The van der Waals surface area contributed by atoms with Gasteiger partial charge in [0.2, 0.25) is 5.91 Å². The molecule has 1 aliphatic rings. The smallest absolute Gasteiger partial charge is 0.328 e. The minimum atomic E-state index is -1.92. The van der Waals surface area contributed by atoms with Crippen LogP contribution in [0.1, 0.15) is 62.4 Å². The Morgan fingerprint density at radius 3 is 2.07 bits per heavy atom. The SMILES string of the molecule is CNC(=O)CO[C@@H]1[C@H](OP(OCCC#N)N(C(C)C)C(C)C)[C@@H](COC(c2ccccc2)(c2ccc(OC)cc2)c2ccc(OC)cc2)OC[C@H]1n1cc(C)c(=O)[nH]c1=O. The number of amides is 1. The highest BCUT2D eigenvalue weighted by atomic mass is 31.2. The monoisotopic (exact) mass is 845 g/mol. The van der Waals surface area contributed by atoms with Gasteiger partial charge in [0.25, 0.3) is 14.1 Å². The molecule has 1 aromatic heterocycles. The predicted octanol–water partition coefficient (Wildman–Crippen LogP) is 5.60. The van der Waals surface area contributed by atoms with Crippen LogP contribution in [0.4, 0.5) is 0 Å². The molecule has 0 radical (unpaired) electrons. The summed E-state index contributed by atoms with van der Waals surface area (Å²) in [6, 6.07) is 26.3. The molecule has 1 amide bonds. The Morgan fingerprint density at radius 2 is 1.53 bits per heavy atom. The Balaban J connectivity index is 1.70. The van der Waals surface area contributed by atoms with Gasteiger partial charge in [0, 0.05) is 30.9 Å². The van der Waals surface area contributed by atoms with Crippen molar-refractivity contribution in [2.75, 3.05) is 47.7 Å². The zero-order chi connectivity index (χ0) is 43.4. The van der Waals surface area contributed by atoms with Crippen LogP contribution < -0.4 is 26.0 Å². The van der Waals surface area contributed by atoms with E-state index in [1.54, 1.807) is 21.1 Å². The molecular formula is C44H56N5O10P. The Kier molecular flexibility index (Phi) is 16.6. The molecule has 15 nitrogen and oxygen atoms in total. The first kappa shape index (κ1) is 46.2. The lowest BCUT2D eigenvalue weighted by molar-refractivity contribution is -0.194. The summed E-state index contributed by atoms with van der Waals surface area (Å²) in [5.74, 6) is 0.926. The summed E-state index contributed by atoms with van der Waals surface area (Å²) in [5, 5.41) is 12.1. The molecule has 60 heavy (non-hydrogen) atoms. The van der Waals surface area contributed by atoms with Crippen LogP contribution in [0.15, 0.2) is 94.6 Å². The van der Waals surface area contributed by atoms with Crippen molar-refractivity contribution in [1.29, 1.82) is 5.26 Å². The fourth-order valence-corrected chi connectivity index (χ4v) is 9.08. The highest BCUT2D eigenvalue weighted by Gasteiger charge is 2.48. The van der Waals surface area contributed by atoms with Gasteiger partial charge in [-0.2, -0.15) is 5.26 Å². The number of nitriles is 1. The Bertz CT molecular complexity index is 2080. The van der Waals surface area contributed by atoms with Gasteiger partial charge in [-0.25, -0.2) is 9.46 Å². The number of rotatable bonds is 20. The number of carbonyl (C=O) groups excluding carboxylic acids is 1. The second-order valence-corrected chi connectivity index (χ2v) is 16.2. The Hall–Kier alpha value is -4.91. The molecule has 0 spiro atoms. The number of carbonyl (C=O) groups is 1. The lowest BCUT2D eigenvalue weighted by Gasteiger charge is -2.46. The third-order valence-corrected chi connectivity index (χ3v) is 12.4. The van der Waals surface area contributed by atoms with Crippen molar-refractivity contribution in [1.82, 2.24) is 19.5 Å². The number of nitrogens with one attached hydrogen (secondary N) is 2. The van der Waals surface area contributed by atoms with E-state index in [1.165, 1.54) is 17.8 Å². The van der Waals surface area contributed by atoms with E-state index in [0.29, 0.717) is 17.1 Å². The van der Waals surface area contributed by atoms with E-state index in [4.69, 9.17) is 32.7 Å². The van der Waals surface area contributed by atoms with Crippen molar-refractivity contribution in [2.45, 2.75) is 83.1 Å². The Morgan fingerprint density at radius 1 is 0.950 bits per heavy atom. The molecule has 5 atom stereocenters. The van der Waals surface area contributed by atoms with E-state index in [9.17, 15) is 19.6 Å². The summed E-state index contributed by atoms with van der Waals surface area (Å²) in [7, 11) is 2.80. The van der Waals surface area contributed by atoms with Crippen molar-refractivity contribution in [2.24, 2.45) is 0 Å². The largest absolute Gasteiger partial charge is 0.497 e. The van der Waals surface area contributed by atoms with Crippen molar-refractivity contribution < 1.29 is 37.5 Å². The van der Waals surface area contributed by atoms with Gasteiger partial charge in [-0.1, -0.05) is 54.6 Å². The lowest BCUT2D eigenvalue weighted by Crippen LogP contribution is -2.57. The molecule has 4 aromatic rings. The number of likely N-dealkylation sites (N-methyl/N-ethyl adjacent to an activating group) is 1. The molecule has 0 bridgehead atoms. The topological polar surface area (TPSA) is 176 Å². The van der Waals surface area contributed by atoms with Gasteiger partial charge in [-0.15, -0.1) is 0 Å². The summed E-state index contributed by atoms with van der Waals surface area (Å²) in [6.45, 7) is 9.22. The average molecular weight is 846 g/mol. The summed E-state index contributed by atoms with van der Waals surface area (Å²) in [5.41, 5.74) is 0.267. The molecule has 0 aliphatic carbocycles. The first-order chi connectivity index (χ1) is 28.9. The van der Waals surface area contributed by atoms with Gasteiger partial charge in [-0.05, 0) is 75.6 Å². The van der Waals surface area contributed by atoms with Crippen molar-refractivity contribution >= 4 is 14.4 Å². The number of benzene rings is 3. The van der Waals surface area contributed by atoms with Crippen molar-refractivity contribution in [3.63, 3.8) is 0 Å². The fourth-order valence-electron chi connectivity index (χ4n) is 7.31. The number of methoxy groups -OCH3 is 2. The maximum absolute atomic E-state index is 13.5. The van der Waals surface area contributed by atoms with Gasteiger partial charge in [-0.3, -0.25) is 19.1 Å². The first-order valence-electron chi connectivity index (χ1n) is 19.9. The van der Waals surface area contributed by atoms with Crippen LogP contribution in [-0.2, 0) is 33.7 Å². The molecule has 2 heterocycles. The van der Waals surface area contributed by atoms with Gasteiger partial charge in [0.1, 0.15) is 42.0 Å². The first-order valence-corrected chi connectivity index (χ1v) is 21.0. The third kappa shape index (κ3) is 10.7. The van der Waals surface area contributed by atoms with E-state index in [0.717, 1.165) is 16.7 Å². The molecule has 16 heteroatoms. The van der Waals surface area contributed by atoms with Crippen LogP contribution >= 0.6 is 8.53 Å². The Labute approximate surface area is 352 Å². The van der Waals surface area contributed by atoms with E-state index in [1.807, 2.05) is 107 Å². The maximum Gasteiger partial charge on any atom is 0.328 e. The summed E-state index contributed by atoms with van der Waals surface area (Å²) in [6.07, 6.45) is -1.38. The van der Waals surface area contributed by atoms with Crippen LogP contribution in [0.25, 0.3) is 0 Å². The van der Waals surface area contributed by atoms with Gasteiger partial charge in [0.15, 0.2) is 0 Å². The molecule has 5 rings (SSSR count). The zero-order valence-electron chi connectivity index (χ0n) is 35.5. The van der Waals surface area contributed by atoms with Crippen molar-refractivity contribution in [3.8, 4) is 17.6 Å².